The van der Waals surface area contributed by atoms with E-state index in [0.717, 1.165) is 55.1 Å². The predicted octanol–water partition coefficient (Wildman–Crippen LogP) is 0.665. The molecule has 2 aromatic rings. The molecule has 1 aromatic heterocycles. The maximum atomic E-state index is 11.6. The molecule has 1 aromatic carbocycles. The first-order chi connectivity index (χ1) is 10.1. The number of nitrogens with zero attached hydrogens (tertiary/aromatic N) is 1. The van der Waals surface area contributed by atoms with E-state index < -0.39 is 11.1 Å². The number of ether oxygens (including phenoxy) is 1. The Hall–Kier alpha value is -1.92. The number of benzene rings is 1. The van der Waals surface area contributed by atoms with E-state index in [1.54, 1.807) is 0 Å². The number of fused-ring (bicyclic) bond motifs is 1. The Bertz CT molecular complexity index is 785. The van der Waals surface area contributed by atoms with Crippen molar-refractivity contribution in [3.8, 4) is 0 Å². The second-order valence-electron chi connectivity index (χ2n) is 5.52. The summed E-state index contributed by atoms with van der Waals surface area (Å²) in [5.41, 5.74) is 3.53. The van der Waals surface area contributed by atoms with Crippen LogP contribution in [0.1, 0.15) is 16.7 Å². The fourth-order valence-corrected chi connectivity index (χ4v) is 2.76. The number of aryl methyl sites for hydroxylation is 1. The number of H-pyrrole nitrogens is 2. The molecule has 0 spiro atoms. The van der Waals surface area contributed by atoms with Crippen LogP contribution in [0.25, 0.3) is 11.0 Å². The highest BCUT2D eigenvalue weighted by atomic mass is 16.5. The third kappa shape index (κ3) is 2.64. The average Bonchev–Trinajstić information content (AvgIpc) is 2.47. The van der Waals surface area contributed by atoms with Crippen LogP contribution >= 0.6 is 0 Å². The number of aromatic nitrogens is 2. The molecule has 3 rings (SSSR count). The molecule has 2 N–H and O–H groups in total. The summed E-state index contributed by atoms with van der Waals surface area (Å²) in [6, 6.07) is 1.91. The Balaban J connectivity index is 2.14. The largest absolute Gasteiger partial charge is 0.379 e. The monoisotopic (exact) mass is 289 g/mol. The van der Waals surface area contributed by atoms with Gasteiger partial charge in [-0.05, 0) is 36.6 Å². The number of morpholine rings is 1. The van der Waals surface area contributed by atoms with E-state index in [4.69, 9.17) is 4.74 Å². The molecule has 112 valence electrons. The molecule has 6 heteroatoms. The minimum absolute atomic E-state index is 0.603. The molecule has 1 saturated heterocycles. The first kappa shape index (κ1) is 14.0. The van der Waals surface area contributed by atoms with Crippen molar-refractivity contribution in [2.75, 3.05) is 26.3 Å². The summed E-state index contributed by atoms with van der Waals surface area (Å²) in [4.78, 5) is 30.8. The lowest BCUT2D eigenvalue weighted by molar-refractivity contribution is 0.0342. The van der Waals surface area contributed by atoms with E-state index >= 15 is 0 Å². The Morgan fingerprint density at radius 1 is 1.14 bits per heavy atom. The molecule has 0 unspecified atom stereocenters. The quantitative estimate of drug-likeness (QED) is 0.796. The molecular formula is C15H19N3O3. The van der Waals surface area contributed by atoms with Crippen LogP contribution in [0.2, 0.25) is 0 Å². The minimum atomic E-state index is -0.608. The highest BCUT2D eigenvalue weighted by Crippen LogP contribution is 2.23. The highest BCUT2D eigenvalue weighted by molar-refractivity contribution is 5.80. The van der Waals surface area contributed by atoms with Crippen molar-refractivity contribution in [3.05, 3.63) is 43.5 Å². The van der Waals surface area contributed by atoms with Gasteiger partial charge in [0.25, 0.3) is 0 Å². The molecule has 6 nitrogen and oxygen atoms in total. The first-order valence-corrected chi connectivity index (χ1v) is 7.12. The van der Waals surface area contributed by atoms with Crippen molar-refractivity contribution >= 4 is 11.0 Å². The zero-order valence-electron chi connectivity index (χ0n) is 12.3. The molecule has 1 aliphatic heterocycles. The molecule has 1 fully saturated rings. The van der Waals surface area contributed by atoms with Gasteiger partial charge in [-0.3, -0.25) is 14.5 Å². The van der Waals surface area contributed by atoms with Crippen molar-refractivity contribution < 1.29 is 4.74 Å². The Labute approximate surface area is 121 Å². The predicted molar refractivity (Wildman–Crippen MR) is 80.8 cm³/mol. The number of nitrogens with one attached hydrogen (secondary N) is 2. The van der Waals surface area contributed by atoms with Gasteiger partial charge in [-0.1, -0.05) is 0 Å². The second kappa shape index (κ2) is 5.46. The third-order valence-corrected chi connectivity index (χ3v) is 4.15. The zero-order valence-corrected chi connectivity index (χ0v) is 12.3. The fourth-order valence-electron chi connectivity index (χ4n) is 2.76. The number of hydrogen-bond acceptors (Lipinski definition) is 4. The molecule has 0 saturated carbocycles. The standard InChI is InChI=1S/C15H19N3O3/c1-9-7-12-13(17-15(20)14(19)16-12)11(10(9)2)8-18-3-5-21-6-4-18/h7H,3-6,8H2,1-2H3,(H,16,19)(H,17,20). The minimum Gasteiger partial charge on any atom is -0.379 e. The van der Waals surface area contributed by atoms with Gasteiger partial charge < -0.3 is 14.7 Å². The molecule has 0 bridgehead atoms. The van der Waals surface area contributed by atoms with Crippen LogP contribution < -0.4 is 11.1 Å². The lowest BCUT2D eigenvalue weighted by atomic mass is 10.0. The highest BCUT2D eigenvalue weighted by Gasteiger charge is 2.16. The summed E-state index contributed by atoms with van der Waals surface area (Å²) in [6.07, 6.45) is 0. The van der Waals surface area contributed by atoms with E-state index in [9.17, 15) is 9.59 Å². The summed E-state index contributed by atoms with van der Waals surface area (Å²) in [7, 11) is 0. The molecular weight excluding hydrogens is 270 g/mol. The lowest BCUT2D eigenvalue weighted by Gasteiger charge is -2.27. The van der Waals surface area contributed by atoms with Gasteiger partial charge in [0.1, 0.15) is 0 Å². The summed E-state index contributed by atoms with van der Waals surface area (Å²) < 4.78 is 5.37. The number of aromatic amines is 2. The van der Waals surface area contributed by atoms with Crippen LogP contribution in [0.15, 0.2) is 15.7 Å². The van der Waals surface area contributed by atoms with Crippen LogP contribution in [0.4, 0.5) is 0 Å². The molecule has 0 atom stereocenters. The van der Waals surface area contributed by atoms with Gasteiger partial charge >= 0.3 is 11.1 Å². The summed E-state index contributed by atoms with van der Waals surface area (Å²) >= 11 is 0. The van der Waals surface area contributed by atoms with Gasteiger partial charge in [0.15, 0.2) is 0 Å². The lowest BCUT2D eigenvalue weighted by Crippen LogP contribution is -2.36. The van der Waals surface area contributed by atoms with E-state index in [1.165, 1.54) is 0 Å². The van der Waals surface area contributed by atoms with Gasteiger partial charge in [0, 0.05) is 19.6 Å². The molecule has 0 amide bonds. The van der Waals surface area contributed by atoms with Crippen molar-refractivity contribution in [2.45, 2.75) is 20.4 Å². The smallest absolute Gasteiger partial charge is 0.314 e. The molecule has 21 heavy (non-hydrogen) atoms. The maximum Gasteiger partial charge on any atom is 0.314 e. The van der Waals surface area contributed by atoms with E-state index in [1.807, 2.05) is 19.9 Å². The van der Waals surface area contributed by atoms with Crippen LogP contribution in [0, 0.1) is 13.8 Å². The number of hydrogen-bond donors (Lipinski definition) is 2. The van der Waals surface area contributed by atoms with Gasteiger partial charge in [-0.15, -0.1) is 0 Å². The second-order valence-corrected chi connectivity index (χ2v) is 5.52. The molecule has 0 radical (unpaired) electrons. The van der Waals surface area contributed by atoms with Crippen molar-refractivity contribution in [2.24, 2.45) is 0 Å². The van der Waals surface area contributed by atoms with Crippen molar-refractivity contribution in [3.63, 3.8) is 0 Å². The van der Waals surface area contributed by atoms with Crippen LogP contribution in [0.3, 0.4) is 0 Å². The normalized spacial score (nSPS) is 16.5. The van der Waals surface area contributed by atoms with Crippen LogP contribution in [-0.4, -0.2) is 41.2 Å². The first-order valence-electron chi connectivity index (χ1n) is 7.12. The van der Waals surface area contributed by atoms with E-state index in [-0.39, 0.29) is 0 Å². The average molecular weight is 289 g/mol. The van der Waals surface area contributed by atoms with Gasteiger partial charge in [-0.2, -0.15) is 0 Å². The molecule has 0 aliphatic carbocycles. The maximum absolute atomic E-state index is 11.6. The summed E-state index contributed by atoms with van der Waals surface area (Å²) in [6.45, 7) is 8.03. The van der Waals surface area contributed by atoms with Gasteiger partial charge in [-0.25, -0.2) is 0 Å². The molecule has 1 aliphatic rings. The zero-order chi connectivity index (χ0) is 15.0. The Kier molecular flexibility index (Phi) is 3.65. The molecule has 2 heterocycles. The van der Waals surface area contributed by atoms with Gasteiger partial charge in [0.2, 0.25) is 0 Å². The van der Waals surface area contributed by atoms with Crippen LogP contribution in [0.5, 0.6) is 0 Å². The van der Waals surface area contributed by atoms with E-state index in [0.29, 0.717) is 5.52 Å². The topological polar surface area (TPSA) is 78.2 Å². The SMILES string of the molecule is Cc1cc2[nH]c(=O)c(=O)[nH]c2c(CN2CCOCC2)c1C. The fraction of sp³-hybridized carbons (Fsp3) is 0.467. The van der Waals surface area contributed by atoms with Crippen molar-refractivity contribution in [1.29, 1.82) is 0 Å². The summed E-state index contributed by atoms with van der Waals surface area (Å²) in [5.74, 6) is 0. The van der Waals surface area contributed by atoms with Crippen LogP contribution in [-0.2, 0) is 11.3 Å². The summed E-state index contributed by atoms with van der Waals surface area (Å²) in [5, 5.41) is 0. The Morgan fingerprint density at radius 3 is 2.52 bits per heavy atom. The van der Waals surface area contributed by atoms with E-state index in [2.05, 4.69) is 14.9 Å². The Morgan fingerprint density at radius 2 is 1.81 bits per heavy atom. The number of rotatable bonds is 2. The third-order valence-electron chi connectivity index (χ3n) is 4.15. The van der Waals surface area contributed by atoms with Gasteiger partial charge in [0.05, 0.1) is 24.2 Å². The van der Waals surface area contributed by atoms with Crippen molar-refractivity contribution in [1.82, 2.24) is 14.9 Å².